The number of rotatable bonds is 5. The van der Waals surface area contributed by atoms with E-state index in [-0.39, 0.29) is 34.0 Å². The van der Waals surface area contributed by atoms with Crippen LogP contribution in [0, 0.1) is 12.8 Å². The molecule has 6 nitrogen and oxygen atoms in total. The second-order valence-corrected chi connectivity index (χ2v) is 10.2. The molecule has 2 aliphatic heterocycles. The first kappa shape index (κ1) is 20.2. The molecule has 2 aromatic rings. The van der Waals surface area contributed by atoms with E-state index >= 15 is 0 Å². The first-order chi connectivity index (χ1) is 13.6. The van der Waals surface area contributed by atoms with E-state index in [0.717, 1.165) is 0 Å². The molecule has 4 rings (SSSR count). The topological polar surface area (TPSA) is 80.5 Å². The van der Waals surface area contributed by atoms with Gasteiger partial charge < -0.3 is 9.42 Å². The Hall–Kier alpha value is -2.12. The summed E-state index contributed by atoms with van der Waals surface area (Å²) in [7, 11) is 0. The minimum atomic E-state index is -0.454. The highest BCUT2D eigenvalue weighted by molar-refractivity contribution is 8.01. The van der Waals surface area contributed by atoms with Crippen molar-refractivity contribution in [3.63, 3.8) is 0 Å². The van der Waals surface area contributed by atoms with E-state index in [1.165, 1.54) is 6.92 Å². The Balaban J connectivity index is 1.60. The number of amides is 1. The van der Waals surface area contributed by atoms with Gasteiger partial charge in [0.2, 0.25) is 5.91 Å². The van der Waals surface area contributed by atoms with Gasteiger partial charge in [-0.05, 0) is 33.8 Å². The van der Waals surface area contributed by atoms with E-state index in [4.69, 9.17) is 16.1 Å². The number of carbonyl (C=O) groups excluding carboxylic acids is 3. The van der Waals surface area contributed by atoms with E-state index in [2.05, 4.69) is 5.16 Å². The third-order valence-electron chi connectivity index (χ3n) is 5.61. The van der Waals surface area contributed by atoms with Crippen LogP contribution in [0.2, 0.25) is 5.02 Å². The number of hydrogen-bond donors (Lipinski definition) is 0. The maximum atomic E-state index is 13.2. The molecule has 1 aromatic carbocycles. The summed E-state index contributed by atoms with van der Waals surface area (Å²) in [5.41, 5.74) is 1.36. The van der Waals surface area contributed by atoms with Gasteiger partial charge in [0.25, 0.3) is 0 Å². The number of thioether (sulfide) groups is 1. The first-order valence-corrected chi connectivity index (χ1v) is 10.6. The van der Waals surface area contributed by atoms with Gasteiger partial charge in [0, 0.05) is 16.7 Å². The lowest BCUT2D eigenvalue weighted by Crippen LogP contribution is -2.62. The summed E-state index contributed by atoms with van der Waals surface area (Å²) in [5, 5.41) is 4.34. The van der Waals surface area contributed by atoms with Crippen molar-refractivity contribution in [2.24, 2.45) is 5.92 Å². The van der Waals surface area contributed by atoms with Crippen LogP contribution in [-0.2, 0) is 9.59 Å². The van der Waals surface area contributed by atoms with Crippen molar-refractivity contribution in [1.82, 2.24) is 10.1 Å². The zero-order valence-electron chi connectivity index (χ0n) is 16.6. The number of aromatic nitrogens is 1. The van der Waals surface area contributed by atoms with Crippen LogP contribution in [0.5, 0.6) is 0 Å². The summed E-state index contributed by atoms with van der Waals surface area (Å²) in [5.74, 6) is -0.436. The molecule has 2 aliphatic rings. The van der Waals surface area contributed by atoms with E-state index in [0.29, 0.717) is 27.6 Å². The zero-order valence-corrected chi connectivity index (χ0v) is 18.1. The second-order valence-electron chi connectivity index (χ2n) is 8.05. The largest absolute Gasteiger partial charge is 0.360 e. The van der Waals surface area contributed by atoms with Crippen molar-refractivity contribution < 1.29 is 18.9 Å². The summed E-state index contributed by atoms with van der Waals surface area (Å²) < 4.78 is 4.90. The van der Waals surface area contributed by atoms with Gasteiger partial charge in [0.05, 0.1) is 21.9 Å². The fraction of sp³-hybridized carbons (Fsp3) is 0.429. The molecule has 3 atom stereocenters. The van der Waals surface area contributed by atoms with Crippen LogP contribution in [0.15, 0.2) is 28.8 Å². The summed E-state index contributed by atoms with van der Waals surface area (Å²) >= 11 is 7.86. The molecule has 0 unspecified atom stereocenters. The molecule has 3 heterocycles. The van der Waals surface area contributed by atoms with E-state index in [1.54, 1.807) is 41.8 Å². The van der Waals surface area contributed by atoms with Crippen LogP contribution in [0.3, 0.4) is 0 Å². The molecule has 2 fully saturated rings. The number of ketones is 2. The van der Waals surface area contributed by atoms with Gasteiger partial charge in [-0.3, -0.25) is 14.4 Å². The Morgan fingerprint density at radius 2 is 2.00 bits per heavy atom. The lowest BCUT2D eigenvalue weighted by molar-refractivity contribution is -0.156. The minimum absolute atomic E-state index is 0.0287. The fourth-order valence-corrected chi connectivity index (χ4v) is 6.36. The second kappa shape index (κ2) is 6.99. The van der Waals surface area contributed by atoms with Crippen LogP contribution >= 0.6 is 23.4 Å². The van der Waals surface area contributed by atoms with Gasteiger partial charge in [0.1, 0.15) is 17.5 Å². The molecule has 0 spiro atoms. The lowest BCUT2D eigenvalue weighted by Gasteiger charge is -2.44. The van der Waals surface area contributed by atoms with Crippen LogP contribution in [0.1, 0.15) is 43.3 Å². The Kier molecular flexibility index (Phi) is 4.86. The first-order valence-electron chi connectivity index (χ1n) is 9.38. The Morgan fingerprint density at radius 3 is 2.66 bits per heavy atom. The molecular weight excluding hydrogens is 412 g/mol. The van der Waals surface area contributed by atoms with Crippen LogP contribution in [-0.4, -0.2) is 43.7 Å². The molecule has 0 saturated carbocycles. The highest BCUT2D eigenvalue weighted by Gasteiger charge is 2.62. The normalized spacial score (nSPS) is 24.9. The van der Waals surface area contributed by atoms with Gasteiger partial charge in [-0.2, -0.15) is 0 Å². The SMILES string of the molecule is CC(=O)[C@@H]1N2C(=O)[C@@H](CC(=O)c3c(-c4ccccc4Cl)noc3C)[C@H]2SC1(C)C. The van der Waals surface area contributed by atoms with E-state index < -0.39 is 12.0 Å². The van der Waals surface area contributed by atoms with Gasteiger partial charge in [-0.1, -0.05) is 35.0 Å². The summed E-state index contributed by atoms with van der Waals surface area (Å²) in [6, 6.07) is 6.66. The number of aryl methyl sites for hydroxylation is 1. The van der Waals surface area contributed by atoms with Crippen LogP contribution in [0.4, 0.5) is 0 Å². The number of fused-ring (bicyclic) bond motifs is 1. The number of Topliss-reactive ketones (excluding diaryl/α,β-unsaturated/α-hetero) is 2. The van der Waals surface area contributed by atoms with Gasteiger partial charge in [0.15, 0.2) is 11.6 Å². The molecule has 1 amide bonds. The molecule has 2 saturated heterocycles. The Morgan fingerprint density at radius 1 is 1.31 bits per heavy atom. The summed E-state index contributed by atoms with van der Waals surface area (Å²) in [6.45, 7) is 7.12. The highest BCUT2D eigenvalue weighted by atomic mass is 35.5. The molecule has 8 heteroatoms. The standard InChI is InChI=1S/C21H21ClN2O4S/c1-10(25)18-21(3,4)29-20-13(19(27)24(18)20)9-15(26)16-11(2)28-23-17(16)12-7-5-6-8-14(12)22/h5-8,13,18,20H,9H2,1-4H3/t13-,18+,20-/m1/s1. The Bertz CT molecular complexity index is 1030. The van der Waals surface area contributed by atoms with Crippen molar-refractivity contribution >= 4 is 40.8 Å². The third-order valence-corrected chi connectivity index (χ3v) is 7.57. The maximum Gasteiger partial charge on any atom is 0.230 e. The van der Waals surface area contributed by atoms with Gasteiger partial charge >= 0.3 is 0 Å². The van der Waals surface area contributed by atoms with Gasteiger partial charge in [-0.25, -0.2) is 0 Å². The highest BCUT2D eigenvalue weighted by Crippen LogP contribution is 2.54. The monoisotopic (exact) mass is 432 g/mol. The number of hydrogen-bond acceptors (Lipinski definition) is 6. The van der Waals surface area contributed by atoms with Crippen molar-refractivity contribution in [3.05, 3.63) is 40.6 Å². The molecule has 1 aromatic heterocycles. The number of nitrogens with zero attached hydrogens (tertiary/aromatic N) is 2. The number of benzene rings is 1. The average Bonchev–Trinajstić information content (AvgIpc) is 3.15. The van der Waals surface area contributed by atoms with E-state index in [1.807, 2.05) is 19.9 Å². The molecule has 0 N–H and O–H groups in total. The lowest BCUT2D eigenvalue weighted by atomic mass is 9.85. The van der Waals surface area contributed by atoms with Crippen molar-refractivity contribution in [2.75, 3.05) is 0 Å². The molecule has 0 aliphatic carbocycles. The number of β-lactam (4-membered cyclic amide) rings is 1. The molecule has 0 bridgehead atoms. The van der Waals surface area contributed by atoms with E-state index in [9.17, 15) is 14.4 Å². The van der Waals surface area contributed by atoms with Crippen molar-refractivity contribution in [2.45, 2.75) is 50.3 Å². The van der Waals surface area contributed by atoms with Crippen molar-refractivity contribution in [1.29, 1.82) is 0 Å². The minimum Gasteiger partial charge on any atom is -0.360 e. The number of halogens is 1. The molecule has 152 valence electrons. The van der Waals surface area contributed by atoms with Crippen LogP contribution < -0.4 is 0 Å². The number of carbonyl (C=O) groups is 3. The summed E-state index contributed by atoms with van der Waals surface area (Å²) in [6.07, 6.45) is 0.0488. The van der Waals surface area contributed by atoms with Crippen molar-refractivity contribution in [3.8, 4) is 11.3 Å². The quantitative estimate of drug-likeness (QED) is 0.521. The summed E-state index contributed by atoms with van der Waals surface area (Å²) in [4.78, 5) is 39.7. The molecular formula is C21H21ClN2O4S. The average molecular weight is 433 g/mol. The smallest absolute Gasteiger partial charge is 0.230 e. The Labute approximate surface area is 177 Å². The fourth-order valence-electron chi connectivity index (χ4n) is 4.39. The van der Waals surface area contributed by atoms with Crippen LogP contribution in [0.25, 0.3) is 11.3 Å². The zero-order chi connectivity index (χ0) is 21.1. The predicted molar refractivity (Wildman–Crippen MR) is 111 cm³/mol. The molecule has 0 radical (unpaired) electrons. The molecule has 29 heavy (non-hydrogen) atoms. The third kappa shape index (κ3) is 3.11. The predicted octanol–water partition coefficient (Wildman–Crippen LogP) is 4.14. The van der Waals surface area contributed by atoms with Gasteiger partial charge in [-0.15, -0.1) is 11.8 Å². The maximum absolute atomic E-state index is 13.2.